The lowest BCUT2D eigenvalue weighted by Crippen LogP contribution is -1.92. The minimum Gasteiger partial charge on any atom is -0.455 e. The zero-order valence-corrected chi connectivity index (χ0v) is 19.8. The summed E-state index contributed by atoms with van der Waals surface area (Å²) in [4.78, 5) is 10.1. The summed E-state index contributed by atoms with van der Waals surface area (Å²) >= 11 is 0. The number of para-hydroxylation sites is 2. The van der Waals surface area contributed by atoms with Crippen LogP contribution in [0.1, 0.15) is 0 Å². The van der Waals surface area contributed by atoms with Crippen molar-refractivity contribution < 1.29 is 4.42 Å². The fraction of sp³-hybridized carbons (Fsp3) is 0. The van der Waals surface area contributed by atoms with E-state index in [1.54, 1.807) is 0 Å². The minimum atomic E-state index is 0.853. The molecular formula is C34H20N2O. The highest BCUT2D eigenvalue weighted by Crippen LogP contribution is 2.38. The van der Waals surface area contributed by atoms with Crippen molar-refractivity contribution in [3.05, 3.63) is 121 Å². The van der Waals surface area contributed by atoms with E-state index in [-0.39, 0.29) is 0 Å². The van der Waals surface area contributed by atoms with E-state index in [4.69, 9.17) is 14.4 Å². The van der Waals surface area contributed by atoms with E-state index in [0.717, 1.165) is 66.1 Å². The van der Waals surface area contributed by atoms with Gasteiger partial charge in [-0.05, 0) is 28.5 Å². The lowest BCUT2D eigenvalue weighted by molar-refractivity contribution is 0.670. The Kier molecular flexibility index (Phi) is 4.23. The third kappa shape index (κ3) is 3.01. The molecule has 0 spiro atoms. The van der Waals surface area contributed by atoms with E-state index in [1.807, 2.05) is 18.3 Å². The molecule has 0 unspecified atom stereocenters. The number of hydrogen-bond donors (Lipinski definition) is 0. The van der Waals surface area contributed by atoms with Crippen molar-refractivity contribution in [3.8, 4) is 22.4 Å². The SMILES string of the molecule is c1cc(-c2cnc3c4ccccc4c4ccccc4c3n2)cc(-c2cccc3c2oc2ccccc23)c1. The van der Waals surface area contributed by atoms with Crippen molar-refractivity contribution in [2.24, 2.45) is 0 Å². The van der Waals surface area contributed by atoms with Crippen molar-refractivity contribution in [3.63, 3.8) is 0 Å². The van der Waals surface area contributed by atoms with Gasteiger partial charge in [-0.25, -0.2) is 4.98 Å². The Morgan fingerprint density at radius 2 is 1.11 bits per heavy atom. The number of hydrogen-bond acceptors (Lipinski definition) is 3. The van der Waals surface area contributed by atoms with E-state index >= 15 is 0 Å². The lowest BCUT2D eigenvalue weighted by Gasteiger charge is -2.11. The average molecular weight is 473 g/mol. The van der Waals surface area contributed by atoms with Crippen LogP contribution in [0.3, 0.4) is 0 Å². The first-order valence-corrected chi connectivity index (χ1v) is 12.4. The second kappa shape index (κ2) is 7.74. The summed E-state index contributed by atoms with van der Waals surface area (Å²) in [5.41, 5.74) is 7.71. The molecule has 0 aliphatic rings. The largest absolute Gasteiger partial charge is 0.455 e. The summed E-state index contributed by atoms with van der Waals surface area (Å²) in [6, 6.07) is 39.9. The van der Waals surface area contributed by atoms with E-state index in [1.165, 1.54) is 10.8 Å². The van der Waals surface area contributed by atoms with Gasteiger partial charge in [-0.15, -0.1) is 0 Å². The predicted molar refractivity (Wildman–Crippen MR) is 153 cm³/mol. The molecule has 6 aromatic carbocycles. The van der Waals surface area contributed by atoms with Gasteiger partial charge in [0.2, 0.25) is 0 Å². The molecule has 8 aromatic rings. The average Bonchev–Trinajstić information content (AvgIpc) is 3.36. The topological polar surface area (TPSA) is 38.9 Å². The molecule has 0 aliphatic heterocycles. The highest BCUT2D eigenvalue weighted by molar-refractivity contribution is 6.23. The summed E-state index contributed by atoms with van der Waals surface area (Å²) < 4.78 is 6.30. The lowest BCUT2D eigenvalue weighted by atomic mass is 9.98. The fourth-order valence-electron chi connectivity index (χ4n) is 5.58. The van der Waals surface area contributed by atoms with E-state index < -0.39 is 0 Å². The van der Waals surface area contributed by atoms with Gasteiger partial charge >= 0.3 is 0 Å². The Balaban J connectivity index is 1.34. The molecule has 0 saturated heterocycles. The van der Waals surface area contributed by atoms with Gasteiger partial charge in [0, 0.05) is 32.7 Å². The maximum absolute atomic E-state index is 6.30. The molecule has 8 rings (SSSR count). The van der Waals surface area contributed by atoms with Crippen molar-refractivity contribution >= 4 is 54.5 Å². The molecule has 0 aliphatic carbocycles. The number of aromatic nitrogens is 2. The van der Waals surface area contributed by atoms with Crippen molar-refractivity contribution in [2.75, 3.05) is 0 Å². The molecule has 0 radical (unpaired) electrons. The van der Waals surface area contributed by atoms with Crippen LogP contribution in [0, 0.1) is 0 Å². The number of benzene rings is 6. The van der Waals surface area contributed by atoms with Crippen LogP contribution in [-0.2, 0) is 0 Å². The van der Waals surface area contributed by atoms with E-state index in [9.17, 15) is 0 Å². The number of nitrogens with zero attached hydrogens (tertiary/aromatic N) is 2. The van der Waals surface area contributed by atoms with Crippen LogP contribution >= 0.6 is 0 Å². The second-order valence-electron chi connectivity index (χ2n) is 9.40. The van der Waals surface area contributed by atoms with Crippen LogP contribution in [0.15, 0.2) is 126 Å². The van der Waals surface area contributed by atoms with Crippen LogP contribution in [0.2, 0.25) is 0 Å². The van der Waals surface area contributed by atoms with Gasteiger partial charge in [-0.1, -0.05) is 103 Å². The first-order valence-electron chi connectivity index (χ1n) is 12.4. The number of rotatable bonds is 2. The van der Waals surface area contributed by atoms with Crippen LogP contribution in [0.4, 0.5) is 0 Å². The maximum atomic E-state index is 6.30. The monoisotopic (exact) mass is 472 g/mol. The molecule has 0 N–H and O–H groups in total. The maximum Gasteiger partial charge on any atom is 0.143 e. The zero-order valence-electron chi connectivity index (χ0n) is 19.8. The molecule has 3 nitrogen and oxygen atoms in total. The standard InChI is InChI=1S/C34H20N2O/c1-3-14-27-24(11-1)25-12-2-4-15-28(25)33-32(27)35-20-30(36-33)22-10-7-9-21(19-22)23-16-8-17-29-26-13-5-6-18-31(26)37-34(23)29/h1-20H. The van der Waals surface area contributed by atoms with Gasteiger partial charge in [0.05, 0.1) is 22.9 Å². The van der Waals surface area contributed by atoms with Gasteiger partial charge < -0.3 is 4.42 Å². The summed E-state index contributed by atoms with van der Waals surface area (Å²) in [6.45, 7) is 0. The summed E-state index contributed by atoms with van der Waals surface area (Å²) in [5, 5.41) is 6.91. The molecule has 3 heteroatoms. The van der Waals surface area contributed by atoms with Gasteiger partial charge in [0.15, 0.2) is 0 Å². The molecule has 0 amide bonds. The van der Waals surface area contributed by atoms with Crippen molar-refractivity contribution in [2.45, 2.75) is 0 Å². The number of fused-ring (bicyclic) bond motifs is 9. The smallest absolute Gasteiger partial charge is 0.143 e. The fourth-order valence-corrected chi connectivity index (χ4v) is 5.58. The summed E-state index contributed by atoms with van der Waals surface area (Å²) in [7, 11) is 0. The predicted octanol–water partition coefficient (Wildman–Crippen LogP) is 9.17. The van der Waals surface area contributed by atoms with E-state index in [2.05, 4.69) is 103 Å². The molecule has 172 valence electrons. The van der Waals surface area contributed by atoms with Gasteiger partial charge in [0.1, 0.15) is 11.2 Å². The summed E-state index contributed by atoms with van der Waals surface area (Å²) in [6.07, 6.45) is 1.89. The zero-order chi connectivity index (χ0) is 24.3. The Hall–Kier alpha value is -5.02. The third-order valence-electron chi connectivity index (χ3n) is 7.30. The number of furan rings is 1. The van der Waals surface area contributed by atoms with Crippen LogP contribution < -0.4 is 0 Å². The van der Waals surface area contributed by atoms with Crippen molar-refractivity contribution in [1.29, 1.82) is 0 Å². The molecule has 0 fully saturated rings. The molecular weight excluding hydrogens is 452 g/mol. The highest BCUT2D eigenvalue weighted by atomic mass is 16.3. The normalized spacial score (nSPS) is 11.8. The first-order chi connectivity index (χ1) is 18.3. The van der Waals surface area contributed by atoms with E-state index in [0.29, 0.717) is 0 Å². The molecule has 2 aromatic heterocycles. The highest BCUT2D eigenvalue weighted by Gasteiger charge is 2.14. The first kappa shape index (κ1) is 20.2. The van der Waals surface area contributed by atoms with Gasteiger partial charge in [-0.3, -0.25) is 4.98 Å². The Morgan fingerprint density at radius 1 is 0.486 bits per heavy atom. The molecule has 2 heterocycles. The third-order valence-corrected chi connectivity index (χ3v) is 7.30. The van der Waals surface area contributed by atoms with Crippen LogP contribution in [-0.4, -0.2) is 9.97 Å². The molecule has 37 heavy (non-hydrogen) atoms. The Labute approximate surface area is 212 Å². The molecule has 0 saturated carbocycles. The quantitative estimate of drug-likeness (QED) is 0.235. The minimum absolute atomic E-state index is 0.853. The Bertz CT molecular complexity index is 2120. The van der Waals surface area contributed by atoms with Gasteiger partial charge in [-0.2, -0.15) is 0 Å². The molecule has 0 atom stereocenters. The van der Waals surface area contributed by atoms with Gasteiger partial charge in [0.25, 0.3) is 0 Å². The van der Waals surface area contributed by atoms with Crippen molar-refractivity contribution in [1.82, 2.24) is 9.97 Å². The Morgan fingerprint density at radius 3 is 1.92 bits per heavy atom. The second-order valence-corrected chi connectivity index (χ2v) is 9.40. The van der Waals surface area contributed by atoms with Crippen LogP contribution in [0.5, 0.6) is 0 Å². The summed E-state index contributed by atoms with van der Waals surface area (Å²) in [5.74, 6) is 0. The van der Waals surface area contributed by atoms with Crippen LogP contribution in [0.25, 0.3) is 76.9 Å². The molecule has 0 bridgehead atoms.